The zero-order valence-corrected chi connectivity index (χ0v) is 13.6. The molecule has 7 heteroatoms. The van der Waals surface area contributed by atoms with Crippen molar-refractivity contribution in [3.63, 3.8) is 0 Å². The van der Waals surface area contributed by atoms with Crippen molar-refractivity contribution in [1.82, 2.24) is 25.6 Å². The summed E-state index contributed by atoms with van der Waals surface area (Å²) in [7, 11) is 0. The van der Waals surface area contributed by atoms with Gasteiger partial charge in [0.15, 0.2) is 5.69 Å². The first-order chi connectivity index (χ1) is 10.8. The fraction of sp³-hybridized carbons (Fsp3) is 0.312. The number of nitrogens with zero attached hydrogens (tertiary/aromatic N) is 3. The zero-order chi connectivity index (χ0) is 15.2. The van der Waals surface area contributed by atoms with E-state index in [2.05, 4.69) is 27.0 Å². The van der Waals surface area contributed by atoms with Gasteiger partial charge in [-0.15, -0.1) is 17.5 Å². The standard InChI is InChI=1S/C16H19N5O.ClH/c22-16(18-10-13-6-8-17-9-7-13)15-12-21(20-19-15)11-14-4-2-1-3-5-14;/h1-6,12,17H,7-11H2,(H,18,22);1H. The molecule has 1 aliphatic heterocycles. The molecule has 0 radical (unpaired) electrons. The van der Waals surface area contributed by atoms with E-state index >= 15 is 0 Å². The van der Waals surface area contributed by atoms with Crippen LogP contribution in [0.15, 0.2) is 48.2 Å². The Balaban J connectivity index is 0.00000192. The molecule has 0 atom stereocenters. The minimum atomic E-state index is -0.182. The maximum absolute atomic E-state index is 12.1. The van der Waals surface area contributed by atoms with Gasteiger partial charge in [0, 0.05) is 13.1 Å². The average Bonchev–Trinajstić information content (AvgIpc) is 3.03. The van der Waals surface area contributed by atoms with Crippen LogP contribution in [-0.4, -0.2) is 40.5 Å². The summed E-state index contributed by atoms with van der Waals surface area (Å²) >= 11 is 0. The van der Waals surface area contributed by atoms with E-state index in [9.17, 15) is 4.79 Å². The predicted octanol–water partition coefficient (Wildman–Crippen LogP) is 1.40. The highest BCUT2D eigenvalue weighted by atomic mass is 35.5. The van der Waals surface area contributed by atoms with E-state index in [0.29, 0.717) is 18.8 Å². The molecular formula is C16H20ClN5O. The zero-order valence-electron chi connectivity index (χ0n) is 12.7. The number of aromatic nitrogens is 3. The molecule has 1 aliphatic rings. The molecule has 2 heterocycles. The molecule has 1 aromatic heterocycles. The Bertz CT molecular complexity index is 668. The summed E-state index contributed by atoms with van der Waals surface area (Å²) in [5.41, 5.74) is 2.73. The van der Waals surface area contributed by atoms with Crippen LogP contribution in [0.1, 0.15) is 22.5 Å². The van der Waals surface area contributed by atoms with E-state index in [1.165, 1.54) is 5.57 Å². The molecule has 0 bridgehead atoms. The number of halogens is 1. The first-order valence-corrected chi connectivity index (χ1v) is 7.42. The van der Waals surface area contributed by atoms with Crippen LogP contribution >= 0.6 is 12.4 Å². The number of nitrogens with one attached hydrogen (secondary N) is 2. The van der Waals surface area contributed by atoms with Crippen molar-refractivity contribution < 1.29 is 4.79 Å². The third-order valence-electron chi connectivity index (χ3n) is 3.59. The van der Waals surface area contributed by atoms with Crippen LogP contribution in [-0.2, 0) is 6.54 Å². The summed E-state index contributed by atoms with van der Waals surface area (Å²) in [5.74, 6) is -0.182. The normalized spacial score (nSPS) is 13.8. The number of benzene rings is 1. The third kappa shape index (κ3) is 4.91. The van der Waals surface area contributed by atoms with Gasteiger partial charge in [-0.2, -0.15) is 0 Å². The van der Waals surface area contributed by atoms with Crippen molar-refractivity contribution in [3.8, 4) is 0 Å². The number of hydrogen-bond acceptors (Lipinski definition) is 4. The first-order valence-electron chi connectivity index (χ1n) is 7.42. The monoisotopic (exact) mass is 333 g/mol. The molecule has 0 saturated heterocycles. The van der Waals surface area contributed by atoms with E-state index < -0.39 is 0 Å². The topological polar surface area (TPSA) is 71.8 Å². The van der Waals surface area contributed by atoms with Gasteiger partial charge < -0.3 is 10.6 Å². The summed E-state index contributed by atoms with van der Waals surface area (Å²) in [6, 6.07) is 9.97. The van der Waals surface area contributed by atoms with Gasteiger partial charge in [-0.05, 0) is 18.5 Å². The maximum atomic E-state index is 12.1. The van der Waals surface area contributed by atoms with Crippen molar-refractivity contribution in [2.75, 3.05) is 19.6 Å². The Hall–Kier alpha value is -2.18. The van der Waals surface area contributed by atoms with Gasteiger partial charge in [-0.25, -0.2) is 4.68 Å². The largest absolute Gasteiger partial charge is 0.347 e. The summed E-state index contributed by atoms with van der Waals surface area (Å²) in [6.07, 6.45) is 4.77. The van der Waals surface area contributed by atoms with E-state index in [4.69, 9.17) is 0 Å². The lowest BCUT2D eigenvalue weighted by atomic mass is 10.1. The molecule has 6 nitrogen and oxygen atoms in total. The molecular weight excluding hydrogens is 314 g/mol. The second-order valence-electron chi connectivity index (χ2n) is 5.29. The van der Waals surface area contributed by atoms with Gasteiger partial charge >= 0.3 is 0 Å². The SMILES string of the molecule is Cl.O=C(NCC1=CCNCC1)c1cn(Cc2ccccc2)nn1. The molecule has 0 spiro atoms. The number of rotatable bonds is 5. The predicted molar refractivity (Wildman–Crippen MR) is 90.7 cm³/mol. The number of carbonyl (C=O) groups excluding carboxylic acids is 1. The van der Waals surface area contributed by atoms with Gasteiger partial charge in [0.25, 0.3) is 5.91 Å². The van der Waals surface area contributed by atoms with E-state index in [-0.39, 0.29) is 18.3 Å². The van der Waals surface area contributed by atoms with Gasteiger partial charge in [-0.3, -0.25) is 4.79 Å². The average molecular weight is 334 g/mol. The molecule has 0 unspecified atom stereocenters. The molecule has 1 amide bonds. The lowest BCUT2D eigenvalue weighted by molar-refractivity contribution is 0.0951. The van der Waals surface area contributed by atoms with Crippen LogP contribution in [0.5, 0.6) is 0 Å². The van der Waals surface area contributed by atoms with Crippen LogP contribution in [0.2, 0.25) is 0 Å². The lowest BCUT2D eigenvalue weighted by Gasteiger charge is -2.13. The van der Waals surface area contributed by atoms with Crippen LogP contribution in [0.3, 0.4) is 0 Å². The van der Waals surface area contributed by atoms with Gasteiger partial charge in [0.05, 0.1) is 12.7 Å². The second kappa shape index (κ2) is 8.45. The van der Waals surface area contributed by atoms with Crippen molar-refractivity contribution in [2.24, 2.45) is 0 Å². The smallest absolute Gasteiger partial charge is 0.273 e. The Labute approximate surface area is 141 Å². The van der Waals surface area contributed by atoms with Crippen molar-refractivity contribution in [3.05, 3.63) is 59.4 Å². The minimum Gasteiger partial charge on any atom is -0.347 e. The molecule has 2 aromatic rings. The van der Waals surface area contributed by atoms with Crippen LogP contribution in [0.4, 0.5) is 0 Å². The summed E-state index contributed by atoms with van der Waals surface area (Å²) in [5, 5.41) is 14.1. The molecule has 1 aromatic carbocycles. The van der Waals surface area contributed by atoms with Crippen molar-refractivity contribution >= 4 is 18.3 Å². The summed E-state index contributed by atoms with van der Waals surface area (Å²) in [4.78, 5) is 12.1. The highest BCUT2D eigenvalue weighted by molar-refractivity contribution is 5.91. The highest BCUT2D eigenvalue weighted by Gasteiger charge is 2.12. The van der Waals surface area contributed by atoms with Crippen LogP contribution in [0, 0.1) is 0 Å². The maximum Gasteiger partial charge on any atom is 0.273 e. The van der Waals surface area contributed by atoms with Gasteiger partial charge in [0.1, 0.15) is 0 Å². The van der Waals surface area contributed by atoms with Crippen LogP contribution < -0.4 is 10.6 Å². The first kappa shape index (κ1) is 17.2. The Morgan fingerprint density at radius 2 is 2.13 bits per heavy atom. The Kier molecular flexibility index (Phi) is 6.31. The molecule has 2 N–H and O–H groups in total. The quantitative estimate of drug-likeness (QED) is 0.811. The summed E-state index contributed by atoms with van der Waals surface area (Å²) in [6.45, 7) is 3.03. The summed E-state index contributed by atoms with van der Waals surface area (Å²) < 4.78 is 1.67. The minimum absolute atomic E-state index is 0. The van der Waals surface area contributed by atoms with Crippen LogP contribution in [0.25, 0.3) is 0 Å². The second-order valence-corrected chi connectivity index (χ2v) is 5.29. The fourth-order valence-corrected chi connectivity index (χ4v) is 2.36. The molecule has 0 aliphatic carbocycles. The lowest BCUT2D eigenvalue weighted by Crippen LogP contribution is -2.29. The number of hydrogen-bond donors (Lipinski definition) is 2. The van der Waals surface area contributed by atoms with Crippen molar-refractivity contribution in [2.45, 2.75) is 13.0 Å². The Morgan fingerprint density at radius 1 is 1.30 bits per heavy atom. The van der Waals surface area contributed by atoms with E-state index in [1.54, 1.807) is 10.9 Å². The molecule has 23 heavy (non-hydrogen) atoms. The molecule has 122 valence electrons. The fourth-order valence-electron chi connectivity index (χ4n) is 2.36. The molecule has 0 fully saturated rings. The Morgan fingerprint density at radius 3 is 2.87 bits per heavy atom. The van der Waals surface area contributed by atoms with Gasteiger partial charge in [-0.1, -0.05) is 47.2 Å². The number of amides is 1. The van der Waals surface area contributed by atoms with Gasteiger partial charge in [0.2, 0.25) is 0 Å². The third-order valence-corrected chi connectivity index (χ3v) is 3.59. The molecule has 0 saturated carbocycles. The van der Waals surface area contributed by atoms with E-state index in [0.717, 1.165) is 25.1 Å². The van der Waals surface area contributed by atoms with E-state index in [1.807, 2.05) is 30.3 Å². The molecule has 3 rings (SSSR count). The number of carbonyl (C=O) groups is 1. The highest BCUT2D eigenvalue weighted by Crippen LogP contribution is 2.04. The van der Waals surface area contributed by atoms with Crippen molar-refractivity contribution in [1.29, 1.82) is 0 Å².